The minimum Gasteiger partial charge on any atom is -0.460 e. The molecule has 3 aromatic carbocycles. The van der Waals surface area contributed by atoms with Gasteiger partial charge < -0.3 is 15.2 Å². The Morgan fingerprint density at radius 3 is 2.02 bits per heavy atom. The molecule has 0 saturated carbocycles. The summed E-state index contributed by atoms with van der Waals surface area (Å²) in [4.78, 5) is 26.6. The summed E-state index contributed by atoms with van der Waals surface area (Å²) in [6.07, 6.45) is -0.565. The first kappa shape index (κ1) is 35.9. The summed E-state index contributed by atoms with van der Waals surface area (Å²) in [7, 11) is -4.09. The second-order valence-corrected chi connectivity index (χ2v) is 14.3. The first-order valence-electron chi connectivity index (χ1n) is 15.2. The normalized spacial score (nSPS) is 14.2. The zero-order chi connectivity index (χ0) is 33.2. The molecular weight excluding hydrogens is 595 g/mol. The number of aliphatic hydroxyl groups is 1. The Labute approximate surface area is 266 Å². The molecule has 244 valence electrons. The van der Waals surface area contributed by atoms with Crippen LogP contribution in [-0.2, 0) is 37.4 Å². The summed E-state index contributed by atoms with van der Waals surface area (Å²) in [6, 6.07) is 22.1. The molecule has 3 aromatic rings. The van der Waals surface area contributed by atoms with Crippen LogP contribution in [0.1, 0.15) is 52.2 Å². The maximum Gasteiger partial charge on any atom is 0.312 e. The lowest BCUT2D eigenvalue weighted by molar-refractivity contribution is -0.161. The molecule has 8 nitrogen and oxygen atoms in total. The maximum atomic E-state index is 13.6. The van der Waals surface area contributed by atoms with Gasteiger partial charge in [-0.15, -0.1) is 0 Å². The van der Waals surface area contributed by atoms with Crippen LogP contribution >= 0.6 is 0 Å². The molecule has 0 aliphatic carbocycles. The molecule has 0 aromatic heterocycles. The Bertz CT molecular complexity index is 1480. The van der Waals surface area contributed by atoms with Crippen molar-refractivity contribution in [2.45, 2.75) is 71.1 Å². The second kappa shape index (κ2) is 16.1. The third-order valence-corrected chi connectivity index (χ3v) is 9.98. The van der Waals surface area contributed by atoms with Gasteiger partial charge in [0.2, 0.25) is 15.9 Å². The largest absolute Gasteiger partial charge is 0.460 e. The van der Waals surface area contributed by atoms with Crippen LogP contribution in [0.2, 0.25) is 0 Å². The number of carbonyl (C=O) groups is 2. The fraction of sp³-hybridized carbons (Fsp3) is 0.429. The number of amides is 1. The van der Waals surface area contributed by atoms with Crippen molar-refractivity contribution in [1.29, 1.82) is 0 Å². The predicted octanol–water partition coefficient (Wildman–Crippen LogP) is 5.36. The van der Waals surface area contributed by atoms with Crippen molar-refractivity contribution in [2.75, 3.05) is 13.1 Å². The zero-order valence-electron chi connectivity index (χ0n) is 26.6. The first-order chi connectivity index (χ1) is 21.2. The van der Waals surface area contributed by atoms with Crippen molar-refractivity contribution >= 4 is 21.9 Å². The van der Waals surface area contributed by atoms with Gasteiger partial charge in [-0.2, -0.15) is 4.31 Å². The SMILES string of the molecule is CC(C)CCN(CC(O)C(Cc1ccccc1)NC(=O)C(C)C(C)(C)C(=O)OCc1ccccc1)S(=O)(=O)c1ccc(F)cc1. The van der Waals surface area contributed by atoms with E-state index in [1.165, 1.54) is 16.4 Å². The second-order valence-electron chi connectivity index (χ2n) is 12.4. The van der Waals surface area contributed by atoms with Crippen molar-refractivity contribution in [1.82, 2.24) is 9.62 Å². The third-order valence-electron chi connectivity index (χ3n) is 8.10. The van der Waals surface area contributed by atoms with Crippen LogP contribution in [0.3, 0.4) is 0 Å². The number of nitrogens with one attached hydrogen (secondary N) is 1. The van der Waals surface area contributed by atoms with Crippen LogP contribution in [0, 0.1) is 23.1 Å². The van der Waals surface area contributed by atoms with E-state index in [1.54, 1.807) is 20.8 Å². The van der Waals surface area contributed by atoms with E-state index in [0.717, 1.165) is 23.3 Å². The van der Waals surface area contributed by atoms with Crippen LogP contribution in [0.5, 0.6) is 0 Å². The molecule has 0 radical (unpaired) electrons. The molecule has 0 bridgehead atoms. The standard InChI is InChI=1S/C35H45FN2O6S/c1-25(2)20-21-38(45(42,43)30-18-16-29(36)17-19-30)23-32(39)31(22-27-12-8-6-9-13-27)37-33(40)26(3)35(4,5)34(41)44-24-28-14-10-7-11-15-28/h6-19,25-26,31-32,39H,20-24H2,1-5H3,(H,37,40). The molecule has 3 unspecified atom stereocenters. The first-order valence-corrected chi connectivity index (χ1v) is 16.6. The van der Waals surface area contributed by atoms with Crippen LogP contribution in [0.4, 0.5) is 4.39 Å². The molecule has 0 spiro atoms. The van der Waals surface area contributed by atoms with Crippen molar-refractivity contribution in [3.05, 3.63) is 102 Å². The monoisotopic (exact) mass is 640 g/mol. The lowest BCUT2D eigenvalue weighted by Gasteiger charge is -2.33. The molecule has 3 rings (SSSR count). The van der Waals surface area contributed by atoms with Crippen molar-refractivity contribution < 1.29 is 32.2 Å². The molecule has 3 atom stereocenters. The van der Waals surface area contributed by atoms with Gasteiger partial charge >= 0.3 is 5.97 Å². The quantitative estimate of drug-likeness (QED) is 0.204. The van der Waals surface area contributed by atoms with Gasteiger partial charge in [-0.1, -0.05) is 81.4 Å². The lowest BCUT2D eigenvalue weighted by atomic mass is 9.79. The van der Waals surface area contributed by atoms with Gasteiger partial charge in [0, 0.05) is 13.1 Å². The topological polar surface area (TPSA) is 113 Å². The van der Waals surface area contributed by atoms with Gasteiger partial charge in [0.05, 0.1) is 28.4 Å². The van der Waals surface area contributed by atoms with E-state index in [9.17, 15) is 27.5 Å². The van der Waals surface area contributed by atoms with Crippen LogP contribution < -0.4 is 5.32 Å². The molecule has 0 fully saturated rings. The number of ether oxygens (including phenoxy) is 1. The molecule has 0 aliphatic heterocycles. The highest BCUT2D eigenvalue weighted by Crippen LogP contribution is 2.29. The number of carbonyl (C=O) groups excluding carboxylic acids is 2. The summed E-state index contributed by atoms with van der Waals surface area (Å²) in [5.74, 6) is -2.25. The molecule has 0 heterocycles. The molecule has 0 aliphatic rings. The van der Waals surface area contributed by atoms with Crippen molar-refractivity contribution in [3.8, 4) is 0 Å². The highest BCUT2D eigenvalue weighted by Gasteiger charge is 2.41. The molecular formula is C35H45FN2O6S. The number of hydrogen-bond acceptors (Lipinski definition) is 6. The Morgan fingerprint density at radius 2 is 1.47 bits per heavy atom. The van der Waals surface area contributed by atoms with Crippen molar-refractivity contribution in [2.24, 2.45) is 17.3 Å². The van der Waals surface area contributed by atoms with Crippen LogP contribution in [0.15, 0.2) is 89.8 Å². The molecule has 1 amide bonds. The lowest BCUT2D eigenvalue weighted by Crippen LogP contribution is -2.53. The predicted molar refractivity (Wildman–Crippen MR) is 172 cm³/mol. The Kier molecular flexibility index (Phi) is 12.8. The molecule has 45 heavy (non-hydrogen) atoms. The average Bonchev–Trinajstić information content (AvgIpc) is 3.01. The number of rotatable bonds is 16. The van der Waals surface area contributed by atoms with Gasteiger partial charge in [-0.05, 0) is 68.0 Å². The van der Waals surface area contributed by atoms with E-state index in [-0.39, 0.29) is 36.9 Å². The average molecular weight is 641 g/mol. The highest BCUT2D eigenvalue weighted by atomic mass is 32.2. The van der Waals surface area contributed by atoms with Crippen LogP contribution in [0.25, 0.3) is 0 Å². The van der Waals surface area contributed by atoms with Crippen molar-refractivity contribution in [3.63, 3.8) is 0 Å². The maximum absolute atomic E-state index is 13.6. The third kappa shape index (κ3) is 10.2. The van der Waals surface area contributed by atoms with Gasteiger partial charge in [0.25, 0.3) is 0 Å². The van der Waals surface area contributed by atoms with Gasteiger partial charge in [0.15, 0.2) is 0 Å². The summed E-state index contributed by atoms with van der Waals surface area (Å²) >= 11 is 0. The minimum atomic E-state index is -4.09. The summed E-state index contributed by atoms with van der Waals surface area (Å²) < 4.78 is 47.5. The minimum absolute atomic E-state index is 0.0710. The number of hydrogen-bond donors (Lipinski definition) is 2. The highest BCUT2D eigenvalue weighted by molar-refractivity contribution is 7.89. The fourth-order valence-corrected chi connectivity index (χ4v) is 6.15. The van der Waals surface area contributed by atoms with E-state index in [0.29, 0.717) is 6.42 Å². The number of sulfonamides is 1. The summed E-state index contributed by atoms with van der Waals surface area (Å²) in [6.45, 7) is 8.71. The van der Waals surface area contributed by atoms with Gasteiger partial charge in [-0.3, -0.25) is 9.59 Å². The molecule has 10 heteroatoms. The number of aliphatic hydroxyl groups excluding tert-OH is 1. The Balaban J connectivity index is 1.82. The summed E-state index contributed by atoms with van der Waals surface area (Å²) in [5.41, 5.74) is 0.449. The number of nitrogens with zero attached hydrogens (tertiary/aromatic N) is 1. The molecule has 2 N–H and O–H groups in total. The van der Waals surface area contributed by atoms with E-state index < -0.39 is 51.2 Å². The number of benzene rings is 3. The Hall–Kier alpha value is -3.60. The van der Waals surface area contributed by atoms with E-state index in [1.807, 2.05) is 74.5 Å². The number of esters is 1. The zero-order valence-corrected chi connectivity index (χ0v) is 27.5. The van der Waals surface area contributed by atoms with Gasteiger partial charge in [0.1, 0.15) is 12.4 Å². The Morgan fingerprint density at radius 1 is 0.911 bits per heavy atom. The number of halogens is 1. The summed E-state index contributed by atoms with van der Waals surface area (Å²) in [5, 5.41) is 14.4. The molecule has 0 saturated heterocycles. The fourth-order valence-electron chi connectivity index (χ4n) is 4.68. The van der Waals surface area contributed by atoms with Crippen LogP contribution in [-0.4, -0.2) is 54.9 Å². The smallest absolute Gasteiger partial charge is 0.312 e. The van der Waals surface area contributed by atoms with E-state index in [4.69, 9.17) is 4.74 Å². The van der Waals surface area contributed by atoms with E-state index in [2.05, 4.69) is 5.32 Å². The van der Waals surface area contributed by atoms with E-state index >= 15 is 0 Å². The van der Waals surface area contributed by atoms with Gasteiger partial charge in [-0.25, -0.2) is 12.8 Å².